The predicted molar refractivity (Wildman–Crippen MR) is 79.9 cm³/mol. The minimum absolute atomic E-state index is 0.303. The molecule has 108 valence electrons. The van der Waals surface area contributed by atoms with Gasteiger partial charge >= 0.3 is 0 Å². The molecular weight excluding hydrogens is 222 g/mol. The highest BCUT2D eigenvalue weighted by atomic mass is 15.2. The van der Waals surface area contributed by atoms with Gasteiger partial charge in [0.25, 0.3) is 0 Å². The van der Waals surface area contributed by atoms with E-state index in [0.717, 1.165) is 13.1 Å². The first-order chi connectivity index (χ1) is 8.64. The van der Waals surface area contributed by atoms with Gasteiger partial charge in [-0.1, -0.05) is 32.6 Å². The van der Waals surface area contributed by atoms with Crippen LogP contribution in [0.15, 0.2) is 0 Å². The molecule has 0 bridgehead atoms. The summed E-state index contributed by atoms with van der Waals surface area (Å²) >= 11 is 0. The molecule has 0 atom stereocenters. The minimum Gasteiger partial charge on any atom is -0.329 e. The molecule has 0 heterocycles. The summed E-state index contributed by atoms with van der Waals surface area (Å²) in [7, 11) is 4.31. The number of nitrogens with two attached hydrogens (primary N) is 1. The van der Waals surface area contributed by atoms with E-state index in [1.54, 1.807) is 0 Å². The summed E-state index contributed by atoms with van der Waals surface area (Å²) in [6.07, 6.45) is 9.39. The van der Waals surface area contributed by atoms with Gasteiger partial charge in [0.15, 0.2) is 0 Å². The van der Waals surface area contributed by atoms with Crippen LogP contribution in [-0.2, 0) is 0 Å². The van der Waals surface area contributed by atoms with Gasteiger partial charge in [0, 0.05) is 12.1 Å². The highest BCUT2D eigenvalue weighted by Gasteiger charge is 2.34. The molecule has 0 saturated heterocycles. The molecule has 0 aromatic heterocycles. The van der Waals surface area contributed by atoms with Crippen LogP contribution in [-0.4, -0.2) is 55.6 Å². The lowest BCUT2D eigenvalue weighted by molar-refractivity contribution is 0.0799. The lowest BCUT2D eigenvalue weighted by Crippen LogP contribution is -2.54. The zero-order valence-corrected chi connectivity index (χ0v) is 12.7. The first-order valence-corrected chi connectivity index (χ1v) is 7.74. The van der Waals surface area contributed by atoms with E-state index in [1.165, 1.54) is 58.0 Å². The molecule has 18 heavy (non-hydrogen) atoms. The van der Waals surface area contributed by atoms with Gasteiger partial charge in [0.05, 0.1) is 0 Å². The Balaban J connectivity index is 2.57. The molecule has 1 rings (SSSR count). The van der Waals surface area contributed by atoms with Crippen molar-refractivity contribution >= 4 is 0 Å². The van der Waals surface area contributed by atoms with Gasteiger partial charge in [0.2, 0.25) is 0 Å². The minimum atomic E-state index is 0.303. The second kappa shape index (κ2) is 8.13. The van der Waals surface area contributed by atoms with Crippen LogP contribution in [0.1, 0.15) is 51.9 Å². The van der Waals surface area contributed by atoms with Gasteiger partial charge < -0.3 is 10.6 Å². The number of likely N-dealkylation sites (N-methyl/N-ethyl adjacent to an activating group) is 1. The Kier molecular flexibility index (Phi) is 7.20. The van der Waals surface area contributed by atoms with Crippen LogP contribution >= 0.6 is 0 Å². The second-order valence-electron chi connectivity index (χ2n) is 6.08. The highest BCUT2D eigenvalue weighted by Crippen LogP contribution is 2.31. The van der Waals surface area contributed by atoms with Crippen LogP contribution < -0.4 is 5.73 Å². The van der Waals surface area contributed by atoms with E-state index in [-0.39, 0.29) is 0 Å². The van der Waals surface area contributed by atoms with Gasteiger partial charge in [0.1, 0.15) is 0 Å². The average molecular weight is 255 g/mol. The zero-order chi connectivity index (χ0) is 13.4. The summed E-state index contributed by atoms with van der Waals surface area (Å²) in [5.41, 5.74) is 6.47. The quantitative estimate of drug-likeness (QED) is 0.709. The second-order valence-corrected chi connectivity index (χ2v) is 6.08. The average Bonchev–Trinajstić information content (AvgIpc) is 2.60. The Morgan fingerprint density at radius 1 is 1.00 bits per heavy atom. The van der Waals surface area contributed by atoms with E-state index in [9.17, 15) is 0 Å². The van der Waals surface area contributed by atoms with Gasteiger partial charge in [-0.15, -0.1) is 0 Å². The fourth-order valence-corrected chi connectivity index (χ4v) is 3.34. The third kappa shape index (κ3) is 4.52. The van der Waals surface area contributed by atoms with E-state index in [2.05, 4.69) is 30.8 Å². The van der Waals surface area contributed by atoms with Gasteiger partial charge in [-0.25, -0.2) is 0 Å². The molecule has 0 aromatic rings. The third-order valence-corrected chi connectivity index (χ3v) is 4.50. The van der Waals surface area contributed by atoms with E-state index < -0.39 is 0 Å². The maximum absolute atomic E-state index is 6.16. The molecule has 0 unspecified atom stereocenters. The molecule has 0 radical (unpaired) electrons. The molecule has 1 aliphatic rings. The fraction of sp³-hybridized carbons (Fsp3) is 1.00. The normalized spacial score (nSPS) is 20.3. The molecule has 2 N–H and O–H groups in total. The maximum Gasteiger partial charge on any atom is 0.0331 e. The Labute approximate surface area is 114 Å². The molecule has 1 fully saturated rings. The number of nitrogens with zero attached hydrogens (tertiary/aromatic N) is 2. The Morgan fingerprint density at radius 3 is 2.06 bits per heavy atom. The van der Waals surface area contributed by atoms with Gasteiger partial charge in [-0.05, 0) is 53.0 Å². The van der Waals surface area contributed by atoms with Gasteiger partial charge in [-0.3, -0.25) is 4.90 Å². The molecule has 0 aromatic carbocycles. The van der Waals surface area contributed by atoms with E-state index in [0.29, 0.717) is 5.54 Å². The van der Waals surface area contributed by atoms with Crippen LogP contribution in [0, 0.1) is 0 Å². The van der Waals surface area contributed by atoms with Crippen molar-refractivity contribution < 1.29 is 0 Å². The van der Waals surface area contributed by atoms with Crippen LogP contribution in [0.2, 0.25) is 0 Å². The lowest BCUT2D eigenvalue weighted by atomic mass is 9.88. The summed E-state index contributed by atoms with van der Waals surface area (Å²) < 4.78 is 0. The number of rotatable bonds is 7. The fourth-order valence-electron chi connectivity index (χ4n) is 3.34. The monoisotopic (exact) mass is 255 g/mol. The van der Waals surface area contributed by atoms with Crippen molar-refractivity contribution in [1.29, 1.82) is 0 Å². The van der Waals surface area contributed by atoms with Crippen molar-refractivity contribution in [3.63, 3.8) is 0 Å². The van der Waals surface area contributed by atoms with E-state index in [4.69, 9.17) is 5.73 Å². The summed E-state index contributed by atoms with van der Waals surface area (Å²) in [5, 5.41) is 0. The van der Waals surface area contributed by atoms with Gasteiger partial charge in [-0.2, -0.15) is 0 Å². The lowest BCUT2D eigenvalue weighted by Gasteiger charge is -2.43. The third-order valence-electron chi connectivity index (χ3n) is 4.50. The first-order valence-electron chi connectivity index (χ1n) is 7.74. The molecule has 3 nitrogen and oxygen atoms in total. The maximum atomic E-state index is 6.16. The van der Waals surface area contributed by atoms with Crippen LogP contribution in [0.25, 0.3) is 0 Å². The standard InChI is InChI=1S/C15H33N3/c1-4-18(13-9-12-17(2)3)15(14-16)10-7-5-6-8-11-15/h4-14,16H2,1-3H3. The smallest absolute Gasteiger partial charge is 0.0331 e. The van der Waals surface area contributed by atoms with Crippen molar-refractivity contribution in [1.82, 2.24) is 9.80 Å². The summed E-state index contributed by atoms with van der Waals surface area (Å²) in [5.74, 6) is 0. The number of hydrogen-bond donors (Lipinski definition) is 1. The molecule has 0 spiro atoms. The number of hydrogen-bond acceptors (Lipinski definition) is 3. The molecule has 0 amide bonds. The van der Waals surface area contributed by atoms with Crippen LogP contribution in [0.3, 0.4) is 0 Å². The molecular formula is C15H33N3. The Hall–Kier alpha value is -0.120. The molecule has 0 aliphatic heterocycles. The van der Waals surface area contributed by atoms with Crippen LogP contribution in [0.4, 0.5) is 0 Å². The zero-order valence-electron chi connectivity index (χ0n) is 12.7. The largest absolute Gasteiger partial charge is 0.329 e. The SMILES string of the molecule is CCN(CCCN(C)C)C1(CN)CCCCCC1. The Bertz CT molecular complexity index is 208. The van der Waals surface area contributed by atoms with Crippen molar-refractivity contribution in [2.75, 3.05) is 40.3 Å². The summed E-state index contributed by atoms with van der Waals surface area (Å²) in [6.45, 7) is 6.65. The predicted octanol–water partition coefficient (Wildman–Crippen LogP) is 2.31. The summed E-state index contributed by atoms with van der Waals surface area (Å²) in [6, 6.07) is 0. The molecule has 3 heteroatoms. The van der Waals surface area contributed by atoms with E-state index >= 15 is 0 Å². The van der Waals surface area contributed by atoms with Crippen molar-refractivity contribution in [2.24, 2.45) is 5.73 Å². The van der Waals surface area contributed by atoms with Crippen LogP contribution in [0.5, 0.6) is 0 Å². The highest BCUT2D eigenvalue weighted by molar-refractivity contribution is 4.92. The van der Waals surface area contributed by atoms with Crippen molar-refractivity contribution in [3.8, 4) is 0 Å². The summed E-state index contributed by atoms with van der Waals surface area (Å²) in [4.78, 5) is 4.94. The molecule has 1 aliphatic carbocycles. The first kappa shape index (κ1) is 15.9. The van der Waals surface area contributed by atoms with Crippen molar-refractivity contribution in [3.05, 3.63) is 0 Å². The molecule has 1 saturated carbocycles. The van der Waals surface area contributed by atoms with E-state index in [1.807, 2.05) is 0 Å². The topological polar surface area (TPSA) is 32.5 Å². The Morgan fingerprint density at radius 2 is 1.61 bits per heavy atom. The van der Waals surface area contributed by atoms with Crippen molar-refractivity contribution in [2.45, 2.75) is 57.4 Å².